The topological polar surface area (TPSA) is 46.3 Å². The van der Waals surface area contributed by atoms with Gasteiger partial charge in [0.1, 0.15) is 5.82 Å². The normalized spacial score (nSPS) is 14.2. The third-order valence-electron chi connectivity index (χ3n) is 3.68. The highest BCUT2D eigenvalue weighted by Crippen LogP contribution is 2.31. The minimum atomic E-state index is -0.287. The van der Waals surface area contributed by atoms with Gasteiger partial charge < -0.3 is 10.6 Å². The summed E-state index contributed by atoms with van der Waals surface area (Å²) < 4.78 is 13.3. The van der Waals surface area contributed by atoms with Crippen LogP contribution >= 0.6 is 11.6 Å². The number of nitrogen functional groups attached to an aromatic ring is 1. The predicted octanol–water partition coefficient (Wildman–Crippen LogP) is 3.54. The number of amides is 1. The first-order chi connectivity index (χ1) is 10.0. The number of fused-ring (bicyclic) bond motifs is 1. The molecule has 0 saturated carbocycles. The number of hydrogen-bond donors (Lipinski definition) is 1. The summed E-state index contributed by atoms with van der Waals surface area (Å²) in [5, 5.41) is 0.572. The molecule has 0 spiro atoms. The maximum Gasteiger partial charge on any atom is 0.227 e. The fourth-order valence-corrected chi connectivity index (χ4v) is 2.78. The highest BCUT2D eigenvalue weighted by Gasteiger charge is 2.25. The summed E-state index contributed by atoms with van der Waals surface area (Å²) in [6.45, 7) is 0.337. The first-order valence-electron chi connectivity index (χ1n) is 6.67. The van der Waals surface area contributed by atoms with Crippen LogP contribution in [0.15, 0.2) is 36.4 Å². The SMILES string of the molecule is Nc1ccc(Cl)cc1CN1C(=O)CCc2cc(F)ccc21. The van der Waals surface area contributed by atoms with Crippen LogP contribution < -0.4 is 10.6 Å². The summed E-state index contributed by atoms with van der Waals surface area (Å²) in [5.41, 5.74) is 8.89. The zero-order valence-corrected chi connectivity index (χ0v) is 12.0. The van der Waals surface area contributed by atoms with Crippen LogP contribution in [-0.4, -0.2) is 5.91 Å². The van der Waals surface area contributed by atoms with E-state index in [0.717, 1.165) is 16.8 Å². The van der Waals surface area contributed by atoms with Crippen LogP contribution in [0.25, 0.3) is 0 Å². The Morgan fingerprint density at radius 1 is 1.19 bits per heavy atom. The van der Waals surface area contributed by atoms with Gasteiger partial charge in [-0.1, -0.05) is 11.6 Å². The molecule has 1 aliphatic rings. The quantitative estimate of drug-likeness (QED) is 0.863. The van der Waals surface area contributed by atoms with Crippen LogP contribution in [0.1, 0.15) is 17.5 Å². The molecule has 1 heterocycles. The first kappa shape index (κ1) is 13.9. The average molecular weight is 305 g/mol. The van der Waals surface area contributed by atoms with Gasteiger partial charge in [0.25, 0.3) is 0 Å². The predicted molar refractivity (Wildman–Crippen MR) is 81.8 cm³/mol. The van der Waals surface area contributed by atoms with E-state index in [1.165, 1.54) is 12.1 Å². The average Bonchev–Trinajstić information content (AvgIpc) is 2.45. The summed E-state index contributed by atoms with van der Waals surface area (Å²) in [7, 11) is 0. The van der Waals surface area contributed by atoms with E-state index in [2.05, 4.69) is 0 Å². The van der Waals surface area contributed by atoms with Crippen molar-refractivity contribution in [2.45, 2.75) is 19.4 Å². The van der Waals surface area contributed by atoms with Gasteiger partial charge >= 0.3 is 0 Å². The highest BCUT2D eigenvalue weighted by molar-refractivity contribution is 6.30. The Hall–Kier alpha value is -2.07. The molecule has 0 atom stereocenters. The molecule has 0 radical (unpaired) electrons. The number of nitrogens with two attached hydrogens (primary N) is 1. The number of anilines is 2. The van der Waals surface area contributed by atoms with Crippen molar-refractivity contribution in [1.82, 2.24) is 0 Å². The van der Waals surface area contributed by atoms with Crippen molar-refractivity contribution in [2.24, 2.45) is 0 Å². The fraction of sp³-hybridized carbons (Fsp3) is 0.188. The Morgan fingerprint density at radius 2 is 2.00 bits per heavy atom. The summed E-state index contributed by atoms with van der Waals surface area (Å²) in [5.74, 6) is -0.279. The molecule has 0 fully saturated rings. The number of carbonyl (C=O) groups is 1. The van der Waals surface area contributed by atoms with Gasteiger partial charge in [0.2, 0.25) is 5.91 Å². The van der Waals surface area contributed by atoms with Crippen LogP contribution in [0.5, 0.6) is 0 Å². The molecule has 0 saturated heterocycles. The van der Waals surface area contributed by atoms with E-state index < -0.39 is 0 Å². The van der Waals surface area contributed by atoms with Gasteiger partial charge in [-0.15, -0.1) is 0 Å². The van der Waals surface area contributed by atoms with E-state index in [4.69, 9.17) is 17.3 Å². The lowest BCUT2D eigenvalue weighted by molar-refractivity contribution is -0.119. The molecule has 1 aliphatic heterocycles. The lowest BCUT2D eigenvalue weighted by Crippen LogP contribution is -2.34. The van der Waals surface area contributed by atoms with E-state index >= 15 is 0 Å². The second kappa shape index (κ2) is 5.37. The monoisotopic (exact) mass is 304 g/mol. The largest absolute Gasteiger partial charge is 0.398 e. The summed E-state index contributed by atoms with van der Waals surface area (Å²) in [4.78, 5) is 13.8. The highest BCUT2D eigenvalue weighted by atomic mass is 35.5. The van der Waals surface area contributed by atoms with Crippen LogP contribution in [0.2, 0.25) is 5.02 Å². The van der Waals surface area contributed by atoms with Crippen molar-refractivity contribution >= 4 is 28.9 Å². The van der Waals surface area contributed by atoms with Gasteiger partial charge in [-0.3, -0.25) is 4.79 Å². The summed E-state index contributed by atoms with van der Waals surface area (Å²) in [6.07, 6.45) is 0.935. The Morgan fingerprint density at radius 3 is 2.81 bits per heavy atom. The molecule has 2 aromatic rings. The molecule has 0 aromatic heterocycles. The Balaban J connectivity index is 1.98. The lowest BCUT2D eigenvalue weighted by atomic mass is 10.00. The molecule has 1 amide bonds. The van der Waals surface area contributed by atoms with Crippen LogP contribution in [-0.2, 0) is 17.8 Å². The van der Waals surface area contributed by atoms with E-state index in [1.807, 2.05) is 0 Å². The molecule has 5 heteroatoms. The fourth-order valence-electron chi connectivity index (χ4n) is 2.58. The minimum Gasteiger partial charge on any atom is -0.398 e. The molecule has 0 unspecified atom stereocenters. The van der Waals surface area contributed by atoms with Gasteiger partial charge in [0.15, 0.2) is 0 Å². The molecule has 3 rings (SSSR count). The van der Waals surface area contributed by atoms with Crippen LogP contribution in [0.4, 0.5) is 15.8 Å². The molecule has 2 aromatic carbocycles. The zero-order valence-electron chi connectivity index (χ0n) is 11.3. The summed E-state index contributed by atoms with van der Waals surface area (Å²) in [6, 6.07) is 9.67. The minimum absolute atomic E-state index is 0.00786. The Kier molecular flexibility index (Phi) is 3.55. The number of carbonyl (C=O) groups excluding carboxylic acids is 1. The third-order valence-corrected chi connectivity index (χ3v) is 3.91. The number of benzene rings is 2. The second-order valence-electron chi connectivity index (χ2n) is 5.10. The Bertz CT molecular complexity index is 717. The van der Waals surface area contributed by atoms with Gasteiger partial charge in [0.05, 0.1) is 6.54 Å². The van der Waals surface area contributed by atoms with Crippen molar-refractivity contribution in [2.75, 3.05) is 10.6 Å². The van der Waals surface area contributed by atoms with Crippen molar-refractivity contribution < 1.29 is 9.18 Å². The second-order valence-corrected chi connectivity index (χ2v) is 5.53. The summed E-state index contributed by atoms with van der Waals surface area (Å²) >= 11 is 5.98. The zero-order chi connectivity index (χ0) is 15.0. The number of halogens is 2. The van der Waals surface area contributed by atoms with Crippen LogP contribution in [0.3, 0.4) is 0 Å². The van der Waals surface area contributed by atoms with E-state index in [1.54, 1.807) is 29.2 Å². The smallest absolute Gasteiger partial charge is 0.227 e. The van der Waals surface area contributed by atoms with Gasteiger partial charge in [-0.05, 0) is 53.9 Å². The maximum atomic E-state index is 13.3. The number of aryl methyl sites for hydroxylation is 1. The molecule has 0 aliphatic carbocycles. The number of hydrogen-bond acceptors (Lipinski definition) is 2. The molecule has 2 N–H and O–H groups in total. The molecule has 0 bridgehead atoms. The first-order valence-corrected chi connectivity index (χ1v) is 7.05. The van der Waals surface area contributed by atoms with Gasteiger partial charge in [0, 0.05) is 22.8 Å². The van der Waals surface area contributed by atoms with Crippen molar-refractivity contribution in [3.05, 3.63) is 58.4 Å². The molecule has 108 valence electrons. The van der Waals surface area contributed by atoms with Crippen LogP contribution in [0, 0.1) is 5.82 Å². The van der Waals surface area contributed by atoms with E-state index in [0.29, 0.717) is 30.1 Å². The van der Waals surface area contributed by atoms with Gasteiger partial charge in [-0.2, -0.15) is 0 Å². The molecular formula is C16H14ClFN2O. The maximum absolute atomic E-state index is 13.3. The molecule has 21 heavy (non-hydrogen) atoms. The molecular weight excluding hydrogens is 291 g/mol. The Labute approximate surface area is 127 Å². The number of rotatable bonds is 2. The van der Waals surface area contributed by atoms with Gasteiger partial charge in [-0.25, -0.2) is 4.39 Å². The molecule has 3 nitrogen and oxygen atoms in total. The number of nitrogens with zero attached hydrogens (tertiary/aromatic N) is 1. The van der Waals surface area contributed by atoms with Crippen molar-refractivity contribution in [3.8, 4) is 0 Å². The standard InChI is InChI=1S/C16H14ClFN2O/c17-12-2-4-14(19)11(7-12)9-20-15-5-3-13(18)8-10(15)1-6-16(20)21/h2-5,7-8H,1,6,9,19H2. The van der Waals surface area contributed by atoms with Crippen molar-refractivity contribution in [3.63, 3.8) is 0 Å². The van der Waals surface area contributed by atoms with E-state index in [-0.39, 0.29) is 11.7 Å². The lowest BCUT2D eigenvalue weighted by Gasteiger charge is -2.30. The third kappa shape index (κ3) is 2.72. The van der Waals surface area contributed by atoms with E-state index in [9.17, 15) is 9.18 Å². The van der Waals surface area contributed by atoms with Crippen molar-refractivity contribution in [1.29, 1.82) is 0 Å².